The molecule has 24 atom stereocenters. The summed E-state index contributed by atoms with van der Waals surface area (Å²) in [5.41, 5.74) is 0. The Bertz CT molecular complexity index is 1240. The Hall–Kier alpha value is -1.37. The quantitative estimate of drug-likeness (QED) is 0.0922. The highest BCUT2D eigenvalue weighted by Crippen LogP contribution is 2.36. The molecule has 0 saturated carbocycles. The largest absolute Gasteiger partial charge is 0.394 e. The SMILES string of the molecule is CC(=O)NC1C(OC2C(C)OC(OC3C(C)OC(OC4C(C)OCC(O)C4O)C(O)C3O)C(OC3OC(CO)C(O)C(O)C3O)C2O)OC(CO)C(O)C1O. The van der Waals surface area contributed by atoms with Crippen LogP contribution in [-0.2, 0) is 47.4 Å². The van der Waals surface area contributed by atoms with Gasteiger partial charge in [-0.2, -0.15) is 0 Å². The maximum absolute atomic E-state index is 12.0. The number of carbonyl (C=O) groups is 1. The van der Waals surface area contributed by atoms with Crippen molar-refractivity contribution < 1.29 is 109 Å². The van der Waals surface area contributed by atoms with Crippen LogP contribution in [0.25, 0.3) is 0 Å². The van der Waals surface area contributed by atoms with E-state index < -0.39 is 166 Å². The number of hydrogen-bond donors (Lipinski definition) is 13. The van der Waals surface area contributed by atoms with Crippen LogP contribution in [0.1, 0.15) is 27.7 Å². The maximum atomic E-state index is 12.0. The second-order valence-corrected chi connectivity index (χ2v) is 14.5. The first-order valence-corrected chi connectivity index (χ1v) is 18.0. The minimum Gasteiger partial charge on any atom is -0.394 e. The van der Waals surface area contributed by atoms with Gasteiger partial charge in [0.15, 0.2) is 25.2 Å². The number of hydrogen-bond acceptors (Lipinski definition) is 22. The minimum absolute atomic E-state index is 0.160. The maximum Gasteiger partial charge on any atom is 0.217 e. The van der Waals surface area contributed by atoms with Gasteiger partial charge in [0.2, 0.25) is 5.91 Å². The number of ether oxygens (including phenoxy) is 9. The molecule has 0 radical (unpaired) electrons. The Morgan fingerprint density at radius 1 is 0.527 bits per heavy atom. The highest BCUT2D eigenvalue weighted by Gasteiger charge is 2.56. The molecule has 5 fully saturated rings. The van der Waals surface area contributed by atoms with Crippen LogP contribution in [0.15, 0.2) is 0 Å². The zero-order chi connectivity index (χ0) is 40.6. The number of aliphatic hydroxyl groups excluding tert-OH is 12. The van der Waals surface area contributed by atoms with Crippen molar-refractivity contribution in [1.82, 2.24) is 5.32 Å². The summed E-state index contributed by atoms with van der Waals surface area (Å²) < 4.78 is 52.1. The van der Waals surface area contributed by atoms with Crippen molar-refractivity contribution in [1.29, 1.82) is 0 Å². The molecule has 55 heavy (non-hydrogen) atoms. The summed E-state index contributed by atoms with van der Waals surface area (Å²) in [6.45, 7) is 3.76. The van der Waals surface area contributed by atoms with Gasteiger partial charge < -0.3 is 109 Å². The number of nitrogens with one attached hydrogen (secondary N) is 1. The normalized spacial score (nSPS) is 52.4. The summed E-state index contributed by atoms with van der Waals surface area (Å²) in [7, 11) is 0. The Kier molecular flexibility index (Phi) is 15.2. The predicted octanol–water partition coefficient (Wildman–Crippen LogP) is -8.02. The standard InChI is InChI=1S/C32H55NO22/c1-8-25(16(38)12(37)7-47-8)53-30-23(45)21(43)26(9(2)48-30)54-32-28(55-31-22(44)20(42)18(40)14(6-35)51-31)24(46)27(10(3)49-32)52-29-15(33-11(4)36)19(41)17(39)13(5-34)50-29/h8-10,12-32,34-35,37-46H,5-7H2,1-4H3,(H,33,36). The van der Waals surface area contributed by atoms with Crippen molar-refractivity contribution in [3.8, 4) is 0 Å². The molecular weight excluding hydrogens is 750 g/mol. The molecule has 13 N–H and O–H groups in total. The van der Waals surface area contributed by atoms with E-state index in [0.717, 1.165) is 6.92 Å². The van der Waals surface area contributed by atoms with E-state index in [1.54, 1.807) is 6.92 Å². The van der Waals surface area contributed by atoms with Gasteiger partial charge in [0, 0.05) is 6.92 Å². The van der Waals surface area contributed by atoms with Crippen molar-refractivity contribution in [3.63, 3.8) is 0 Å². The van der Waals surface area contributed by atoms with Crippen LogP contribution >= 0.6 is 0 Å². The molecule has 1 amide bonds. The zero-order valence-electron chi connectivity index (χ0n) is 30.4. The second kappa shape index (κ2) is 18.7. The topological polar surface area (TPSA) is 355 Å². The van der Waals surface area contributed by atoms with Gasteiger partial charge in [-0.25, -0.2) is 0 Å². The lowest BCUT2D eigenvalue weighted by molar-refractivity contribution is -0.397. The van der Waals surface area contributed by atoms with Crippen molar-refractivity contribution in [2.24, 2.45) is 0 Å². The summed E-state index contributed by atoms with van der Waals surface area (Å²) in [6, 6.07) is -1.44. The summed E-state index contributed by atoms with van der Waals surface area (Å²) in [4.78, 5) is 12.0. The van der Waals surface area contributed by atoms with Gasteiger partial charge in [0.05, 0.1) is 38.1 Å². The smallest absolute Gasteiger partial charge is 0.217 e. The first-order valence-electron chi connectivity index (χ1n) is 18.0. The average Bonchev–Trinajstić information content (AvgIpc) is 3.14. The Morgan fingerprint density at radius 3 is 1.58 bits per heavy atom. The van der Waals surface area contributed by atoms with Crippen molar-refractivity contribution in [2.45, 2.75) is 175 Å². The Morgan fingerprint density at radius 2 is 0.982 bits per heavy atom. The summed E-state index contributed by atoms with van der Waals surface area (Å²) in [6.07, 6.45) is -35.9. The number of amides is 1. The molecule has 320 valence electrons. The van der Waals surface area contributed by atoms with E-state index in [4.69, 9.17) is 42.6 Å². The fraction of sp³-hybridized carbons (Fsp3) is 0.969. The summed E-state index contributed by atoms with van der Waals surface area (Å²) in [5.74, 6) is -0.658. The van der Waals surface area contributed by atoms with Crippen LogP contribution in [0, 0.1) is 0 Å². The first-order chi connectivity index (χ1) is 25.9. The van der Waals surface area contributed by atoms with Gasteiger partial charge in [-0.15, -0.1) is 0 Å². The van der Waals surface area contributed by atoms with Crippen LogP contribution in [-0.4, -0.2) is 234 Å². The average molecular weight is 806 g/mol. The number of rotatable bonds is 11. The minimum atomic E-state index is -1.97. The lowest BCUT2D eigenvalue weighted by Gasteiger charge is -2.50. The summed E-state index contributed by atoms with van der Waals surface area (Å²) >= 11 is 0. The van der Waals surface area contributed by atoms with Crippen LogP contribution in [0.3, 0.4) is 0 Å². The van der Waals surface area contributed by atoms with Crippen LogP contribution in [0.5, 0.6) is 0 Å². The molecule has 0 aromatic rings. The first kappa shape index (κ1) is 44.7. The molecule has 5 heterocycles. The number of carbonyl (C=O) groups excluding carboxylic acids is 1. The summed E-state index contributed by atoms with van der Waals surface area (Å²) in [5, 5.41) is 129. The third-order valence-electron chi connectivity index (χ3n) is 10.5. The van der Waals surface area contributed by atoms with E-state index in [0.29, 0.717) is 0 Å². The van der Waals surface area contributed by atoms with E-state index >= 15 is 0 Å². The van der Waals surface area contributed by atoms with Crippen molar-refractivity contribution >= 4 is 5.91 Å². The van der Waals surface area contributed by atoms with Gasteiger partial charge in [-0.05, 0) is 20.8 Å². The molecule has 5 saturated heterocycles. The van der Waals surface area contributed by atoms with Gasteiger partial charge in [-0.3, -0.25) is 4.79 Å². The molecule has 23 nitrogen and oxygen atoms in total. The van der Waals surface area contributed by atoms with Gasteiger partial charge in [-0.1, -0.05) is 0 Å². The molecule has 23 heteroatoms. The van der Waals surface area contributed by atoms with E-state index in [2.05, 4.69) is 5.32 Å². The molecule has 24 unspecified atom stereocenters. The van der Waals surface area contributed by atoms with Crippen molar-refractivity contribution in [2.75, 3.05) is 19.8 Å². The number of aliphatic hydroxyl groups is 12. The highest BCUT2D eigenvalue weighted by atomic mass is 16.8. The van der Waals surface area contributed by atoms with Crippen LogP contribution < -0.4 is 5.32 Å². The van der Waals surface area contributed by atoms with E-state index in [-0.39, 0.29) is 6.61 Å². The molecule has 5 aliphatic rings. The van der Waals surface area contributed by atoms with Crippen molar-refractivity contribution in [3.05, 3.63) is 0 Å². The Balaban J connectivity index is 1.39. The lowest BCUT2D eigenvalue weighted by Crippen LogP contribution is -2.69. The molecule has 0 aromatic heterocycles. The van der Waals surface area contributed by atoms with Gasteiger partial charge >= 0.3 is 0 Å². The third-order valence-corrected chi connectivity index (χ3v) is 10.5. The second-order valence-electron chi connectivity index (χ2n) is 14.5. The third kappa shape index (κ3) is 9.43. The molecule has 0 aromatic carbocycles. The van der Waals surface area contributed by atoms with Crippen LogP contribution in [0.2, 0.25) is 0 Å². The van der Waals surface area contributed by atoms with Gasteiger partial charge in [0.1, 0.15) is 104 Å². The zero-order valence-corrected chi connectivity index (χ0v) is 30.4. The fourth-order valence-electron chi connectivity index (χ4n) is 7.26. The predicted molar refractivity (Wildman–Crippen MR) is 173 cm³/mol. The van der Waals surface area contributed by atoms with E-state index in [1.165, 1.54) is 13.8 Å². The van der Waals surface area contributed by atoms with Gasteiger partial charge in [0.25, 0.3) is 0 Å². The Labute approximate surface area is 314 Å². The highest BCUT2D eigenvalue weighted by molar-refractivity contribution is 5.73. The molecule has 5 aliphatic heterocycles. The van der Waals surface area contributed by atoms with Crippen LogP contribution in [0.4, 0.5) is 0 Å². The van der Waals surface area contributed by atoms with E-state index in [9.17, 15) is 66.1 Å². The van der Waals surface area contributed by atoms with E-state index in [1.807, 2.05) is 0 Å². The molecule has 5 rings (SSSR count). The monoisotopic (exact) mass is 805 g/mol. The molecule has 0 spiro atoms. The molecule has 0 bridgehead atoms. The fourth-order valence-corrected chi connectivity index (χ4v) is 7.26. The molecular formula is C32H55NO22. The molecule has 0 aliphatic carbocycles. The lowest BCUT2D eigenvalue weighted by atomic mass is 9.95.